The Morgan fingerprint density at radius 2 is 2.03 bits per heavy atom. The summed E-state index contributed by atoms with van der Waals surface area (Å²) in [5, 5.41) is 12.4. The van der Waals surface area contributed by atoms with E-state index >= 15 is 0 Å². The fourth-order valence-corrected chi connectivity index (χ4v) is 6.32. The van der Waals surface area contributed by atoms with Crippen molar-refractivity contribution in [1.82, 2.24) is 20.2 Å². The highest BCUT2D eigenvalue weighted by Gasteiger charge is 2.20. The molecule has 10 heteroatoms. The summed E-state index contributed by atoms with van der Waals surface area (Å²) in [4.78, 5) is 22.3. The van der Waals surface area contributed by atoms with Crippen molar-refractivity contribution in [2.24, 2.45) is 0 Å². The third-order valence-corrected chi connectivity index (χ3v) is 7.90. The number of H-pyrrole nitrogens is 1. The van der Waals surface area contributed by atoms with E-state index in [2.05, 4.69) is 25.5 Å². The molecule has 0 fully saturated rings. The molecule has 3 heterocycles. The van der Waals surface area contributed by atoms with Gasteiger partial charge >= 0.3 is 0 Å². The van der Waals surface area contributed by atoms with Crippen LogP contribution in [0, 0.1) is 5.82 Å². The fraction of sp³-hybridized carbons (Fsp3) is 0.263. The summed E-state index contributed by atoms with van der Waals surface area (Å²) in [6.07, 6.45) is 4.33. The van der Waals surface area contributed by atoms with E-state index in [9.17, 15) is 9.18 Å². The molecule has 1 aliphatic rings. The Bertz CT molecular complexity index is 1250. The average Bonchev–Trinajstić information content (AvgIpc) is 3.32. The Kier molecular flexibility index (Phi) is 5.06. The lowest BCUT2D eigenvalue weighted by Gasteiger charge is -2.09. The Hall–Kier alpha value is -2.30. The Balaban J connectivity index is 1.32. The van der Waals surface area contributed by atoms with Crippen LogP contribution in [0.3, 0.4) is 0 Å². The normalized spacial score (nSPS) is 13.6. The molecular weight excluding hydrogens is 429 g/mol. The Morgan fingerprint density at radius 1 is 1.17 bits per heavy atom. The number of para-hydroxylation sites is 1. The molecule has 29 heavy (non-hydrogen) atoms. The van der Waals surface area contributed by atoms with Gasteiger partial charge in [-0.25, -0.2) is 9.37 Å². The number of aromatic nitrogens is 4. The van der Waals surface area contributed by atoms with Gasteiger partial charge in [-0.15, -0.1) is 21.5 Å². The first-order valence-electron chi connectivity index (χ1n) is 9.18. The number of thioether (sulfide) groups is 1. The summed E-state index contributed by atoms with van der Waals surface area (Å²) in [7, 11) is 0. The highest BCUT2D eigenvalue weighted by Crippen LogP contribution is 2.34. The third-order valence-electron chi connectivity index (χ3n) is 4.73. The van der Waals surface area contributed by atoms with Crippen molar-refractivity contribution >= 4 is 55.5 Å². The van der Waals surface area contributed by atoms with Crippen molar-refractivity contribution in [3.8, 4) is 0 Å². The van der Waals surface area contributed by atoms with Crippen molar-refractivity contribution in [2.75, 3.05) is 5.32 Å². The Morgan fingerprint density at radius 3 is 2.93 bits per heavy atom. The van der Waals surface area contributed by atoms with E-state index < -0.39 is 0 Å². The number of rotatable bonds is 5. The number of benzene rings is 1. The maximum atomic E-state index is 13.8. The zero-order valence-corrected chi connectivity index (χ0v) is 17.6. The van der Waals surface area contributed by atoms with Gasteiger partial charge in [-0.2, -0.15) is 0 Å². The third kappa shape index (κ3) is 3.79. The van der Waals surface area contributed by atoms with Crippen molar-refractivity contribution < 1.29 is 4.39 Å². The number of hydrogen-bond donors (Lipinski definition) is 2. The van der Waals surface area contributed by atoms with Crippen LogP contribution in [0.15, 0.2) is 33.4 Å². The molecule has 0 spiro atoms. The standard InChI is InChI=1S/C19H16FN5OS3/c20-11-6-2-3-7-12(11)21-18-24-25-19(29-18)27-9-14-22-16(26)15-10-5-1-4-8-13(10)28-17(15)23-14/h2-3,6-7H,1,4-5,8-9H2,(H,21,24)(H,22,23,26). The molecule has 0 saturated heterocycles. The molecule has 6 nitrogen and oxygen atoms in total. The summed E-state index contributed by atoms with van der Waals surface area (Å²) >= 11 is 4.42. The molecule has 0 saturated carbocycles. The second-order valence-corrected chi connectivity index (χ2v) is 9.95. The Labute approximate surface area is 177 Å². The van der Waals surface area contributed by atoms with Crippen LogP contribution >= 0.6 is 34.4 Å². The minimum Gasteiger partial charge on any atom is -0.328 e. The minimum atomic E-state index is -0.342. The van der Waals surface area contributed by atoms with Crippen LogP contribution < -0.4 is 10.9 Å². The predicted octanol–water partition coefficient (Wildman–Crippen LogP) is 4.89. The largest absolute Gasteiger partial charge is 0.328 e. The molecule has 3 aromatic heterocycles. The van der Waals surface area contributed by atoms with Gasteiger partial charge < -0.3 is 10.3 Å². The first-order chi connectivity index (χ1) is 14.2. The lowest BCUT2D eigenvalue weighted by atomic mass is 9.97. The maximum absolute atomic E-state index is 13.8. The topological polar surface area (TPSA) is 83.6 Å². The summed E-state index contributed by atoms with van der Waals surface area (Å²) in [5.74, 6) is 0.776. The number of thiophene rings is 1. The van der Waals surface area contributed by atoms with Crippen LogP contribution in [0.2, 0.25) is 0 Å². The summed E-state index contributed by atoms with van der Waals surface area (Å²) in [5.41, 5.74) is 1.50. The number of fused-ring (bicyclic) bond motifs is 3. The van der Waals surface area contributed by atoms with E-state index in [0.29, 0.717) is 22.4 Å². The summed E-state index contributed by atoms with van der Waals surface area (Å²) < 4.78 is 14.5. The smallest absolute Gasteiger partial charge is 0.259 e. The van der Waals surface area contributed by atoms with Gasteiger partial charge in [0, 0.05) is 4.88 Å². The van der Waals surface area contributed by atoms with Gasteiger partial charge in [-0.1, -0.05) is 35.2 Å². The van der Waals surface area contributed by atoms with E-state index in [1.54, 1.807) is 29.5 Å². The lowest BCUT2D eigenvalue weighted by Crippen LogP contribution is -2.12. The van der Waals surface area contributed by atoms with Gasteiger partial charge in [0.25, 0.3) is 5.56 Å². The zero-order valence-electron chi connectivity index (χ0n) is 15.2. The summed E-state index contributed by atoms with van der Waals surface area (Å²) in [6.45, 7) is 0. The number of nitrogens with zero attached hydrogens (tertiary/aromatic N) is 3. The molecule has 1 aromatic carbocycles. The van der Waals surface area contributed by atoms with Crippen LogP contribution in [-0.2, 0) is 18.6 Å². The monoisotopic (exact) mass is 445 g/mol. The van der Waals surface area contributed by atoms with Crippen molar-refractivity contribution in [3.63, 3.8) is 0 Å². The fourth-order valence-electron chi connectivity index (χ4n) is 3.40. The number of aromatic amines is 1. The highest BCUT2D eigenvalue weighted by atomic mass is 32.2. The van der Waals surface area contributed by atoms with Crippen molar-refractivity contribution in [2.45, 2.75) is 35.8 Å². The van der Waals surface area contributed by atoms with Crippen LogP contribution in [-0.4, -0.2) is 20.2 Å². The highest BCUT2D eigenvalue weighted by molar-refractivity contribution is 8.00. The van der Waals surface area contributed by atoms with E-state index in [4.69, 9.17) is 0 Å². The molecule has 0 atom stereocenters. The number of halogens is 1. The van der Waals surface area contributed by atoms with Crippen LogP contribution in [0.5, 0.6) is 0 Å². The summed E-state index contributed by atoms with van der Waals surface area (Å²) in [6, 6.07) is 6.42. The predicted molar refractivity (Wildman–Crippen MR) is 116 cm³/mol. The second-order valence-electron chi connectivity index (χ2n) is 6.67. The molecule has 2 N–H and O–H groups in total. The molecule has 0 bridgehead atoms. The second kappa shape index (κ2) is 7.85. The van der Waals surface area contributed by atoms with Crippen LogP contribution in [0.4, 0.5) is 15.2 Å². The maximum Gasteiger partial charge on any atom is 0.259 e. The van der Waals surface area contributed by atoms with Gasteiger partial charge in [0.15, 0.2) is 4.34 Å². The number of nitrogens with one attached hydrogen (secondary N) is 2. The van der Waals surface area contributed by atoms with E-state index in [0.717, 1.165) is 33.8 Å². The molecule has 1 aliphatic carbocycles. The number of aryl methyl sites for hydroxylation is 2. The number of anilines is 2. The van der Waals surface area contributed by atoms with Gasteiger partial charge in [0.1, 0.15) is 16.5 Å². The molecule has 0 radical (unpaired) electrons. The molecule has 0 unspecified atom stereocenters. The first kappa shape index (κ1) is 18.7. The molecule has 5 rings (SSSR count). The van der Waals surface area contributed by atoms with E-state index in [-0.39, 0.29) is 11.4 Å². The zero-order chi connectivity index (χ0) is 19.8. The number of hydrogen-bond acceptors (Lipinski definition) is 8. The molecule has 0 aliphatic heterocycles. The van der Waals surface area contributed by atoms with Crippen molar-refractivity contribution in [3.05, 3.63) is 56.7 Å². The van der Waals surface area contributed by atoms with Gasteiger partial charge in [0.05, 0.1) is 16.8 Å². The molecule has 4 aromatic rings. The van der Waals surface area contributed by atoms with E-state index in [1.165, 1.54) is 46.0 Å². The lowest BCUT2D eigenvalue weighted by molar-refractivity contribution is 0.632. The van der Waals surface area contributed by atoms with Crippen LogP contribution in [0.1, 0.15) is 29.1 Å². The van der Waals surface area contributed by atoms with E-state index in [1.807, 2.05) is 0 Å². The molecule has 0 amide bonds. The first-order valence-corrected chi connectivity index (χ1v) is 11.8. The minimum absolute atomic E-state index is 0.0517. The van der Waals surface area contributed by atoms with Crippen LogP contribution in [0.25, 0.3) is 10.2 Å². The molecular formula is C19H16FN5OS3. The SMILES string of the molecule is O=c1[nH]c(CSc2nnc(Nc3ccccc3F)s2)nc2sc3c(c12)CCCC3. The van der Waals surface area contributed by atoms with Gasteiger partial charge in [0.2, 0.25) is 5.13 Å². The van der Waals surface area contributed by atoms with Gasteiger partial charge in [-0.05, 0) is 43.4 Å². The average molecular weight is 446 g/mol. The molecule has 148 valence electrons. The van der Waals surface area contributed by atoms with Crippen molar-refractivity contribution in [1.29, 1.82) is 0 Å². The van der Waals surface area contributed by atoms with Gasteiger partial charge in [-0.3, -0.25) is 4.79 Å². The quantitative estimate of drug-likeness (QED) is 0.426.